The van der Waals surface area contributed by atoms with Crippen molar-refractivity contribution in [1.82, 2.24) is 0 Å². The molecule has 3 aromatic rings. The summed E-state index contributed by atoms with van der Waals surface area (Å²) < 4.78 is 5.06. The number of fused-ring (bicyclic) bond motifs is 1. The van der Waals surface area contributed by atoms with Crippen LogP contribution in [0.25, 0.3) is 22.1 Å². The number of rotatable bonds is 1. The summed E-state index contributed by atoms with van der Waals surface area (Å²) in [5.41, 5.74) is 2.32. The van der Waals surface area contributed by atoms with Crippen molar-refractivity contribution < 1.29 is 14.6 Å². The molecule has 4 heteroatoms. The fourth-order valence-corrected chi connectivity index (χ4v) is 2.24. The second-order valence-electron chi connectivity index (χ2n) is 4.69. The van der Waals surface area contributed by atoms with Gasteiger partial charge in [-0.25, -0.2) is 4.79 Å². The van der Waals surface area contributed by atoms with Gasteiger partial charge in [-0.1, -0.05) is 29.8 Å². The van der Waals surface area contributed by atoms with Crippen molar-refractivity contribution >= 4 is 11.0 Å². The lowest BCUT2D eigenvalue weighted by atomic mass is 10.00. The molecule has 100 valence electrons. The molecule has 0 fully saturated rings. The van der Waals surface area contributed by atoms with E-state index in [0.717, 1.165) is 11.1 Å². The van der Waals surface area contributed by atoms with E-state index in [2.05, 4.69) is 0 Å². The zero-order valence-electron chi connectivity index (χ0n) is 10.8. The Labute approximate surface area is 114 Å². The molecule has 20 heavy (non-hydrogen) atoms. The molecule has 1 heterocycles. The lowest BCUT2D eigenvalue weighted by Gasteiger charge is -2.07. The lowest BCUT2D eigenvalue weighted by Crippen LogP contribution is -1.98. The topological polar surface area (TPSA) is 70.7 Å². The van der Waals surface area contributed by atoms with Crippen molar-refractivity contribution in [3.8, 4) is 22.6 Å². The Balaban J connectivity index is 2.40. The average molecular weight is 268 g/mol. The molecule has 0 aliphatic heterocycles. The van der Waals surface area contributed by atoms with Crippen molar-refractivity contribution in [2.75, 3.05) is 0 Å². The van der Waals surface area contributed by atoms with Gasteiger partial charge in [0.15, 0.2) is 11.5 Å². The molecule has 0 spiro atoms. The summed E-state index contributed by atoms with van der Waals surface area (Å²) >= 11 is 0. The van der Waals surface area contributed by atoms with Gasteiger partial charge in [-0.05, 0) is 24.1 Å². The van der Waals surface area contributed by atoms with Crippen LogP contribution < -0.4 is 5.63 Å². The first kappa shape index (κ1) is 12.3. The summed E-state index contributed by atoms with van der Waals surface area (Å²) in [6.07, 6.45) is 0. The first-order valence-corrected chi connectivity index (χ1v) is 6.11. The van der Waals surface area contributed by atoms with Crippen molar-refractivity contribution in [2.45, 2.75) is 6.92 Å². The molecule has 0 saturated carbocycles. The molecule has 0 amide bonds. The van der Waals surface area contributed by atoms with Gasteiger partial charge >= 0.3 is 5.63 Å². The summed E-state index contributed by atoms with van der Waals surface area (Å²) in [5.74, 6) is -0.567. The highest BCUT2D eigenvalue weighted by molar-refractivity contribution is 5.95. The number of phenols is 2. The third-order valence-corrected chi connectivity index (χ3v) is 3.17. The minimum atomic E-state index is -0.501. The Hall–Kier alpha value is -2.75. The average Bonchev–Trinajstić information content (AvgIpc) is 2.40. The number of aryl methyl sites for hydroxylation is 1. The molecule has 1 aromatic heterocycles. The summed E-state index contributed by atoms with van der Waals surface area (Å²) in [4.78, 5) is 11.6. The Morgan fingerprint density at radius 3 is 2.50 bits per heavy atom. The van der Waals surface area contributed by atoms with Gasteiger partial charge < -0.3 is 14.6 Å². The van der Waals surface area contributed by atoms with E-state index in [4.69, 9.17) is 4.42 Å². The largest absolute Gasteiger partial charge is 0.504 e. The van der Waals surface area contributed by atoms with Crippen molar-refractivity contribution in [3.63, 3.8) is 0 Å². The predicted molar refractivity (Wildman–Crippen MR) is 76.0 cm³/mol. The Morgan fingerprint density at radius 1 is 1.00 bits per heavy atom. The minimum absolute atomic E-state index is 0.240. The van der Waals surface area contributed by atoms with E-state index in [9.17, 15) is 15.0 Å². The highest BCUT2D eigenvalue weighted by Crippen LogP contribution is 2.35. The molecule has 2 N–H and O–H groups in total. The number of benzene rings is 2. The predicted octanol–water partition coefficient (Wildman–Crippen LogP) is 3.18. The second-order valence-corrected chi connectivity index (χ2v) is 4.69. The van der Waals surface area contributed by atoms with Gasteiger partial charge in [-0.2, -0.15) is 0 Å². The van der Waals surface area contributed by atoms with Crippen LogP contribution >= 0.6 is 0 Å². The molecule has 4 nitrogen and oxygen atoms in total. The smallest absolute Gasteiger partial charge is 0.336 e. The van der Waals surface area contributed by atoms with Gasteiger partial charge in [0.2, 0.25) is 0 Å². The molecule has 0 atom stereocenters. The number of phenolic OH excluding ortho intramolecular Hbond substituents is 2. The molecule has 0 aliphatic carbocycles. The first-order valence-electron chi connectivity index (χ1n) is 6.11. The molecular formula is C16H12O4. The van der Waals surface area contributed by atoms with E-state index in [1.54, 1.807) is 0 Å². The second kappa shape index (κ2) is 4.42. The van der Waals surface area contributed by atoms with Gasteiger partial charge in [0, 0.05) is 17.5 Å². The van der Waals surface area contributed by atoms with Gasteiger partial charge in [-0.15, -0.1) is 0 Å². The summed E-state index contributed by atoms with van der Waals surface area (Å²) in [6.45, 7) is 1.96. The number of hydrogen-bond donors (Lipinski definition) is 2. The Bertz CT molecular complexity index is 862. The summed E-state index contributed by atoms with van der Waals surface area (Å²) in [6, 6.07) is 11.7. The molecule has 3 rings (SSSR count). The highest BCUT2D eigenvalue weighted by atomic mass is 16.4. The summed E-state index contributed by atoms with van der Waals surface area (Å²) in [7, 11) is 0. The van der Waals surface area contributed by atoms with E-state index in [-0.39, 0.29) is 17.1 Å². The normalized spacial score (nSPS) is 10.8. The number of hydrogen-bond acceptors (Lipinski definition) is 4. The molecule has 0 aliphatic rings. The van der Waals surface area contributed by atoms with E-state index in [1.165, 1.54) is 18.2 Å². The quantitative estimate of drug-likeness (QED) is 0.525. The fourth-order valence-electron chi connectivity index (χ4n) is 2.24. The van der Waals surface area contributed by atoms with Crippen molar-refractivity contribution in [1.29, 1.82) is 0 Å². The maximum Gasteiger partial charge on any atom is 0.336 e. The highest BCUT2D eigenvalue weighted by Gasteiger charge is 2.11. The standard InChI is InChI=1S/C16H12O4/c1-9-3-2-4-10(5-9)11-7-16(19)20-15-8-14(18)13(17)6-12(11)15/h2-8,17-18H,1H3. The van der Waals surface area contributed by atoms with Crippen molar-refractivity contribution in [2.24, 2.45) is 0 Å². The van der Waals surface area contributed by atoms with Crippen LogP contribution in [0, 0.1) is 6.92 Å². The van der Waals surface area contributed by atoms with Gasteiger partial charge in [-0.3, -0.25) is 0 Å². The van der Waals surface area contributed by atoms with Crippen LogP contribution in [0.3, 0.4) is 0 Å². The van der Waals surface area contributed by atoms with Crippen LogP contribution in [0.2, 0.25) is 0 Å². The zero-order chi connectivity index (χ0) is 14.3. The maximum absolute atomic E-state index is 11.6. The minimum Gasteiger partial charge on any atom is -0.504 e. The monoisotopic (exact) mass is 268 g/mol. The molecule has 0 radical (unpaired) electrons. The van der Waals surface area contributed by atoms with Crippen LogP contribution in [0.4, 0.5) is 0 Å². The number of aromatic hydroxyl groups is 2. The third-order valence-electron chi connectivity index (χ3n) is 3.17. The molecule has 0 bridgehead atoms. The molecule has 0 unspecified atom stereocenters. The third kappa shape index (κ3) is 2.01. The SMILES string of the molecule is Cc1cccc(-c2cc(=O)oc3cc(O)c(O)cc23)c1. The van der Waals surface area contributed by atoms with Crippen LogP contribution in [-0.4, -0.2) is 10.2 Å². The van der Waals surface area contributed by atoms with Gasteiger partial charge in [0.05, 0.1) is 0 Å². The summed E-state index contributed by atoms with van der Waals surface area (Å²) in [5, 5.41) is 19.7. The Kier molecular flexibility index (Phi) is 2.71. The zero-order valence-corrected chi connectivity index (χ0v) is 10.8. The van der Waals surface area contributed by atoms with Gasteiger partial charge in [0.25, 0.3) is 0 Å². The van der Waals surface area contributed by atoms with E-state index < -0.39 is 5.63 Å². The van der Waals surface area contributed by atoms with Crippen LogP contribution in [-0.2, 0) is 0 Å². The van der Waals surface area contributed by atoms with Crippen molar-refractivity contribution in [3.05, 3.63) is 58.4 Å². The lowest BCUT2D eigenvalue weighted by molar-refractivity contribution is 0.403. The van der Waals surface area contributed by atoms with E-state index in [0.29, 0.717) is 10.9 Å². The van der Waals surface area contributed by atoms with Crippen LogP contribution in [0.1, 0.15) is 5.56 Å². The maximum atomic E-state index is 11.6. The van der Waals surface area contributed by atoms with E-state index in [1.807, 2.05) is 31.2 Å². The molecule has 2 aromatic carbocycles. The first-order chi connectivity index (χ1) is 9.54. The van der Waals surface area contributed by atoms with Crippen LogP contribution in [0.5, 0.6) is 11.5 Å². The molecular weight excluding hydrogens is 256 g/mol. The fraction of sp³-hybridized carbons (Fsp3) is 0.0625. The Morgan fingerprint density at radius 2 is 1.75 bits per heavy atom. The van der Waals surface area contributed by atoms with Crippen LogP contribution in [0.15, 0.2) is 51.7 Å². The molecule has 0 saturated heterocycles. The van der Waals surface area contributed by atoms with Gasteiger partial charge in [0.1, 0.15) is 5.58 Å². The van der Waals surface area contributed by atoms with E-state index >= 15 is 0 Å².